The maximum absolute atomic E-state index is 6.32. The lowest BCUT2D eigenvalue weighted by Crippen LogP contribution is -1.89. The van der Waals surface area contributed by atoms with Crippen LogP contribution in [0.5, 0.6) is 0 Å². The Morgan fingerprint density at radius 2 is 0.957 bits per heavy atom. The van der Waals surface area contributed by atoms with Gasteiger partial charge in [0.25, 0.3) is 0 Å². The van der Waals surface area contributed by atoms with E-state index in [2.05, 4.69) is 128 Å². The van der Waals surface area contributed by atoms with Crippen molar-refractivity contribution in [1.82, 2.24) is 23.2 Å². The van der Waals surface area contributed by atoms with Crippen molar-refractivity contribution in [2.45, 2.75) is 0 Å². The van der Waals surface area contributed by atoms with Gasteiger partial charge in [-0.15, -0.1) is 0 Å². The summed E-state index contributed by atoms with van der Waals surface area (Å²) in [6, 6.07) is 45.3. The van der Waals surface area contributed by atoms with E-state index >= 15 is 0 Å². The first-order chi connectivity index (χ1) is 22.8. The van der Waals surface area contributed by atoms with Crippen LogP contribution in [0.2, 0.25) is 0 Å². The zero-order valence-corrected chi connectivity index (χ0v) is 24.3. The number of aromatic nitrogens is 5. The second kappa shape index (κ2) is 7.81. The third-order valence-corrected chi connectivity index (χ3v) is 9.90. The van der Waals surface area contributed by atoms with Gasteiger partial charge in [0.15, 0.2) is 0 Å². The van der Waals surface area contributed by atoms with Crippen LogP contribution in [-0.4, -0.2) is 23.2 Å². The largest absolute Gasteiger partial charge is 0.456 e. The minimum Gasteiger partial charge on any atom is -0.456 e. The number of furan rings is 1. The van der Waals surface area contributed by atoms with Crippen molar-refractivity contribution in [3.63, 3.8) is 0 Å². The molecule has 46 heavy (non-hydrogen) atoms. The van der Waals surface area contributed by atoms with E-state index in [0.29, 0.717) is 0 Å². The first kappa shape index (κ1) is 23.0. The fourth-order valence-electron chi connectivity index (χ4n) is 7.81. The van der Waals surface area contributed by atoms with E-state index in [1.54, 1.807) is 0 Å². The molecule has 212 valence electrons. The van der Waals surface area contributed by atoms with Crippen molar-refractivity contribution in [1.29, 1.82) is 0 Å². The highest BCUT2D eigenvalue weighted by atomic mass is 16.3. The number of rotatable bonds is 1. The van der Waals surface area contributed by atoms with E-state index in [-0.39, 0.29) is 0 Å². The van der Waals surface area contributed by atoms with Gasteiger partial charge in [-0.2, -0.15) is 0 Å². The third-order valence-electron chi connectivity index (χ3n) is 9.90. The van der Waals surface area contributed by atoms with Gasteiger partial charge in [-0.25, -0.2) is 14.4 Å². The number of benzene rings is 7. The number of fused-ring (bicyclic) bond motifs is 15. The van der Waals surface area contributed by atoms with Gasteiger partial charge in [0, 0.05) is 10.8 Å². The summed E-state index contributed by atoms with van der Waals surface area (Å²) >= 11 is 0. The van der Waals surface area contributed by atoms with Crippen molar-refractivity contribution in [3.8, 4) is 11.1 Å². The molecule has 0 radical (unpaired) electrons. The molecule has 0 aliphatic carbocycles. The van der Waals surface area contributed by atoms with Crippen LogP contribution in [0.3, 0.4) is 0 Å². The summed E-state index contributed by atoms with van der Waals surface area (Å²) in [7, 11) is 0. The molecule has 0 amide bonds. The minimum atomic E-state index is 0.866. The van der Waals surface area contributed by atoms with E-state index < -0.39 is 0 Å². The Morgan fingerprint density at radius 1 is 0.413 bits per heavy atom. The quantitative estimate of drug-likeness (QED) is 0.192. The van der Waals surface area contributed by atoms with E-state index in [0.717, 1.165) is 83.2 Å². The summed E-state index contributed by atoms with van der Waals surface area (Å²) in [6.07, 6.45) is 0. The van der Waals surface area contributed by atoms with E-state index in [1.165, 1.54) is 21.5 Å². The molecule has 12 rings (SSSR count). The van der Waals surface area contributed by atoms with Crippen molar-refractivity contribution in [2.24, 2.45) is 0 Å². The summed E-state index contributed by atoms with van der Waals surface area (Å²) in [6.45, 7) is 0. The van der Waals surface area contributed by atoms with Crippen LogP contribution in [0.25, 0.3) is 105 Å². The van der Waals surface area contributed by atoms with E-state index in [9.17, 15) is 0 Å². The lowest BCUT2D eigenvalue weighted by Gasteiger charge is -2.06. The van der Waals surface area contributed by atoms with E-state index in [4.69, 9.17) is 14.4 Å². The highest BCUT2D eigenvalue weighted by Crippen LogP contribution is 2.40. The second-order valence-electron chi connectivity index (χ2n) is 12.4. The molecule has 0 saturated heterocycles. The van der Waals surface area contributed by atoms with Crippen LogP contribution in [-0.2, 0) is 0 Å². The molecule has 0 aliphatic heterocycles. The zero-order valence-electron chi connectivity index (χ0n) is 24.3. The van der Waals surface area contributed by atoms with Gasteiger partial charge in [0.2, 0.25) is 11.6 Å². The topological polar surface area (TPSA) is 52.2 Å². The normalized spacial score (nSPS) is 12.8. The zero-order chi connectivity index (χ0) is 29.7. The van der Waals surface area contributed by atoms with Crippen LogP contribution in [0, 0.1) is 0 Å². The number of imidazole rings is 4. The molecule has 0 atom stereocenters. The van der Waals surface area contributed by atoms with Gasteiger partial charge in [-0.3, -0.25) is 8.80 Å². The maximum atomic E-state index is 6.32. The number of nitrogens with zero attached hydrogens (tertiary/aromatic N) is 5. The Labute approximate surface area is 259 Å². The molecule has 7 aromatic carbocycles. The van der Waals surface area contributed by atoms with Gasteiger partial charge in [-0.05, 0) is 87.3 Å². The highest BCUT2D eigenvalue weighted by molar-refractivity contribution is 6.10. The summed E-state index contributed by atoms with van der Waals surface area (Å²) in [4.78, 5) is 10.5. The summed E-state index contributed by atoms with van der Waals surface area (Å²) < 4.78 is 13.2. The summed E-state index contributed by atoms with van der Waals surface area (Å²) in [5, 5.41) is 7.01. The smallest absolute Gasteiger partial charge is 0.223 e. The standard InChI is InChI=1S/C40H21N5O/c1-3-9-24-17-32-30(15-22(24)7-1)41-39-43(32)34-19-27(26-13-14-29-28-11-5-6-12-36(28)46-37(29)21-26)20-35-38(34)45(39)40-42-31-16-23-8-2-4-10-25(23)18-33(31)44(35)40/h1-21H. The number of hydrogen-bond acceptors (Lipinski definition) is 3. The molecule has 0 aliphatic rings. The first-order valence-corrected chi connectivity index (χ1v) is 15.5. The molecular weight excluding hydrogens is 566 g/mol. The van der Waals surface area contributed by atoms with Gasteiger partial charge in [-0.1, -0.05) is 72.8 Å². The average molecular weight is 588 g/mol. The predicted octanol–water partition coefficient (Wildman–Crippen LogP) is 10.0. The summed E-state index contributed by atoms with van der Waals surface area (Å²) in [5.41, 5.74) is 11.4. The minimum absolute atomic E-state index is 0.866. The lowest BCUT2D eigenvalue weighted by molar-refractivity contribution is 0.669. The Balaban J connectivity index is 1.26. The third kappa shape index (κ3) is 2.74. The predicted molar refractivity (Wildman–Crippen MR) is 186 cm³/mol. The molecule has 0 N–H and O–H groups in total. The van der Waals surface area contributed by atoms with Crippen molar-refractivity contribution < 1.29 is 4.42 Å². The molecule has 0 unspecified atom stereocenters. The molecule has 6 heteroatoms. The monoisotopic (exact) mass is 587 g/mol. The van der Waals surface area contributed by atoms with E-state index in [1.807, 2.05) is 12.1 Å². The molecule has 5 aromatic heterocycles. The molecule has 0 bridgehead atoms. The number of hydrogen-bond donors (Lipinski definition) is 0. The first-order valence-electron chi connectivity index (χ1n) is 15.5. The fourth-order valence-corrected chi connectivity index (χ4v) is 7.81. The van der Waals surface area contributed by atoms with Crippen LogP contribution in [0.4, 0.5) is 0 Å². The van der Waals surface area contributed by atoms with Crippen molar-refractivity contribution >= 4 is 93.7 Å². The van der Waals surface area contributed by atoms with Crippen LogP contribution in [0.1, 0.15) is 0 Å². The van der Waals surface area contributed by atoms with Gasteiger partial charge in [0.05, 0.1) is 33.1 Å². The Hall–Kier alpha value is -6.40. The Kier molecular flexibility index (Phi) is 3.91. The molecule has 0 fully saturated rings. The van der Waals surface area contributed by atoms with Gasteiger partial charge < -0.3 is 4.42 Å². The molecular formula is C40H21N5O. The van der Waals surface area contributed by atoms with Crippen LogP contribution < -0.4 is 0 Å². The molecule has 12 aromatic rings. The molecule has 0 spiro atoms. The lowest BCUT2D eigenvalue weighted by atomic mass is 10.0. The maximum Gasteiger partial charge on any atom is 0.223 e. The fraction of sp³-hybridized carbons (Fsp3) is 0. The van der Waals surface area contributed by atoms with Gasteiger partial charge in [0.1, 0.15) is 16.7 Å². The Bertz CT molecular complexity index is 3100. The second-order valence-corrected chi connectivity index (χ2v) is 12.4. The summed E-state index contributed by atoms with van der Waals surface area (Å²) in [5.74, 6) is 1.73. The molecule has 5 heterocycles. The van der Waals surface area contributed by atoms with Crippen molar-refractivity contribution in [2.75, 3.05) is 0 Å². The number of para-hydroxylation sites is 1. The average Bonchev–Trinajstić information content (AvgIpc) is 3.88. The SMILES string of the molecule is c1ccc2cc3c(cc2c1)nc1n3c2cc(-c3ccc4c(c3)oc3ccccc34)cc3c2n1c1nc2cc4ccccc4cc2n31. The molecule has 0 saturated carbocycles. The van der Waals surface area contributed by atoms with Crippen LogP contribution in [0.15, 0.2) is 132 Å². The highest BCUT2D eigenvalue weighted by Gasteiger charge is 2.25. The van der Waals surface area contributed by atoms with Crippen LogP contribution >= 0.6 is 0 Å². The Morgan fingerprint density at radius 3 is 1.59 bits per heavy atom. The van der Waals surface area contributed by atoms with Gasteiger partial charge >= 0.3 is 0 Å². The molecule has 6 nitrogen and oxygen atoms in total. The van der Waals surface area contributed by atoms with Crippen molar-refractivity contribution in [3.05, 3.63) is 127 Å².